The van der Waals surface area contributed by atoms with Crippen molar-refractivity contribution in [3.8, 4) is 0 Å². The van der Waals surface area contributed by atoms with Crippen LogP contribution in [0.15, 0.2) is 83.5 Å². The molecule has 0 saturated carbocycles. The first-order valence-electron chi connectivity index (χ1n) is 13.6. The van der Waals surface area contributed by atoms with Gasteiger partial charge in [-0.25, -0.2) is 9.48 Å². The lowest BCUT2D eigenvalue weighted by Crippen LogP contribution is -2.18. The molecule has 200 valence electrons. The van der Waals surface area contributed by atoms with E-state index in [2.05, 4.69) is 77.5 Å². The van der Waals surface area contributed by atoms with E-state index in [1.54, 1.807) is 13.0 Å². The van der Waals surface area contributed by atoms with E-state index in [0.29, 0.717) is 6.61 Å². The first-order chi connectivity index (χ1) is 19.1. The minimum absolute atomic E-state index is 0.00119. The number of halogens is 1. The maximum atomic E-state index is 11.8. The van der Waals surface area contributed by atoms with Crippen LogP contribution in [0.25, 0.3) is 28.1 Å². The van der Waals surface area contributed by atoms with Crippen molar-refractivity contribution < 1.29 is 14.3 Å². The van der Waals surface area contributed by atoms with E-state index < -0.39 is 0 Å². The summed E-state index contributed by atoms with van der Waals surface area (Å²) in [5.41, 5.74) is 7.92. The molecule has 3 aromatic carbocycles. The Morgan fingerprint density at radius 2 is 1.77 bits per heavy atom. The molecule has 0 aliphatic carbocycles. The molecule has 39 heavy (non-hydrogen) atoms. The largest absolute Gasteiger partial charge is 0.463 e. The van der Waals surface area contributed by atoms with E-state index in [-0.39, 0.29) is 12.2 Å². The number of aromatic nitrogens is 2. The van der Waals surface area contributed by atoms with Gasteiger partial charge in [0.25, 0.3) is 0 Å². The second-order valence-corrected chi connectivity index (χ2v) is 10.5. The smallest absolute Gasteiger partial charge is 0.330 e. The molecule has 0 bridgehead atoms. The third-order valence-corrected chi connectivity index (χ3v) is 7.59. The van der Waals surface area contributed by atoms with E-state index in [0.717, 1.165) is 64.4 Å². The van der Waals surface area contributed by atoms with Gasteiger partial charge in [0.2, 0.25) is 0 Å². The number of hydrogen-bond donors (Lipinski definition) is 0. The molecule has 6 heteroatoms. The van der Waals surface area contributed by atoms with Crippen molar-refractivity contribution in [3.63, 3.8) is 0 Å². The van der Waals surface area contributed by atoms with Crippen LogP contribution in [0.1, 0.15) is 68.0 Å². The van der Waals surface area contributed by atoms with Crippen LogP contribution >= 0.6 is 15.9 Å². The van der Waals surface area contributed by atoms with Gasteiger partial charge in [0.1, 0.15) is 0 Å². The first kappa shape index (κ1) is 27.1. The van der Waals surface area contributed by atoms with Crippen LogP contribution in [0, 0.1) is 0 Å². The fraction of sp³-hybridized carbons (Fsp3) is 0.273. The van der Waals surface area contributed by atoms with Crippen molar-refractivity contribution in [2.45, 2.75) is 45.8 Å². The summed E-state index contributed by atoms with van der Waals surface area (Å²) >= 11 is 3.57. The number of nitrogens with zero attached hydrogens (tertiary/aromatic N) is 2. The van der Waals surface area contributed by atoms with Gasteiger partial charge in [-0.05, 0) is 96.3 Å². The minimum atomic E-state index is -0.335. The molecule has 4 aromatic rings. The number of benzene rings is 3. The molecular weight excluding hydrogens is 552 g/mol. The molecule has 0 radical (unpaired) electrons. The van der Waals surface area contributed by atoms with Crippen molar-refractivity contribution in [1.82, 2.24) is 9.78 Å². The summed E-state index contributed by atoms with van der Waals surface area (Å²) in [5.74, 6) is -0.335. The van der Waals surface area contributed by atoms with Crippen LogP contribution in [0.4, 0.5) is 0 Å². The Morgan fingerprint density at radius 1 is 1.03 bits per heavy atom. The van der Waals surface area contributed by atoms with E-state index >= 15 is 0 Å². The Bertz CT molecular complexity index is 1490. The fourth-order valence-corrected chi connectivity index (χ4v) is 5.43. The van der Waals surface area contributed by atoms with Crippen LogP contribution in [0.2, 0.25) is 0 Å². The number of rotatable bonds is 8. The molecule has 0 spiro atoms. The summed E-state index contributed by atoms with van der Waals surface area (Å²) in [6.45, 7) is 5.15. The normalized spacial score (nSPS) is 16.4. The van der Waals surface area contributed by atoms with Gasteiger partial charge >= 0.3 is 5.97 Å². The second kappa shape index (κ2) is 12.6. The summed E-state index contributed by atoms with van der Waals surface area (Å²) < 4.78 is 14.1. The fourth-order valence-electron chi connectivity index (χ4n) is 5.16. The van der Waals surface area contributed by atoms with Gasteiger partial charge in [0.15, 0.2) is 6.23 Å². The van der Waals surface area contributed by atoms with Crippen molar-refractivity contribution in [2.75, 3.05) is 13.2 Å². The average Bonchev–Trinajstić information content (AvgIpc) is 3.40. The maximum absolute atomic E-state index is 11.8. The highest BCUT2D eigenvalue weighted by Gasteiger charge is 2.20. The van der Waals surface area contributed by atoms with Gasteiger partial charge in [-0.1, -0.05) is 65.3 Å². The predicted molar refractivity (Wildman–Crippen MR) is 161 cm³/mol. The van der Waals surface area contributed by atoms with Crippen molar-refractivity contribution in [1.29, 1.82) is 0 Å². The van der Waals surface area contributed by atoms with Gasteiger partial charge in [-0.15, -0.1) is 0 Å². The Labute approximate surface area is 238 Å². The highest BCUT2D eigenvalue weighted by atomic mass is 79.9. The topological polar surface area (TPSA) is 53.3 Å². The zero-order chi connectivity index (χ0) is 27.2. The van der Waals surface area contributed by atoms with E-state index in [4.69, 9.17) is 14.6 Å². The quantitative estimate of drug-likeness (QED) is 0.118. The molecule has 2 heterocycles. The third kappa shape index (κ3) is 6.23. The Kier molecular flexibility index (Phi) is 8.74. The van der Waals surface area contributed by atoms with Crippen LogP contribution in [0.3, 0.4) is 0 Å². The third-order valence-electron chi connectivity index (χ3n) is 7.06. The zero-order valence-corrected chi connectivity index (χ0v) is 24.0. The van der Waals surface area contributed by atoms with Crippen LogP contribution < -0.4 is 0 Å². The summed E-state index contributed by atoms with van der Waals surface area (Å²) in [4.78, 5) is 11.8. The van der Waals surface area contributed by atoms with Gasteiger partial charge in [0, 0.05) is 22.5 Å². The molecular formula is C33H33BrN2O3. The molecule has 1 fully saturated rings. The molecule has 1 unspecified atom stereocenters. The Balaban J connectivity index is 1.58. The summed E-state index contributed by atoms with van der Waals surface area (Å²) in [5, 5.41) is 5.81. The summed E-state index contributed by atoms with van der Waals surface area (Å²) in [6.07, 6.45) is 9.34. The number of ether oxygens (including phenoxy) is 2. The van der Waals surface area contributed by atoms with E-state index in [1.807, 2.05) is 23.0 Å². The number of hydrogen-bond acceptors (Lipinski definition) is 4. The number of allylic oxidation sites excluding steroid dienone is 1. The number of fused-ring (bicyclic) bond motifs is 1. The average molecular weight is 586 g/mol. The van der Waals surface area contributed by atoms with Gasteiger partial charge in [0.05, 0.1) is 18.3 Å². The second-order valence-electron chi connectivity index (χ2n) is 9.61. The monoisotopic (exact) mass is 584 g/mol. The molecule has 1 atom stereocenters. The molecule has 5 nitrogen and oxygen atoms in total. The van der Waals surface area contributed by atoms with Crippen molar-refractivity contribution >= 4 is 50.0 Å². The van der Waals surface area contributed by atoms with Crippen molar-refractivity contribution in [3.05, 3.63) is 106 Å². The summed E-state index contributed by atoms with van der Waals surface area (Å²) in [7, 11) is 0. The van der Waals surface area contributed by atoms with Crippen LogP contribution in [-0.2, 0) is 14.3 Å². The standard InChI is InChI=1S/C33H33BrN2O3/c1-3-29(24-13-16-28(34)17-14-24)33(25-11-8-23(9-12-25)10-19-32(37)38-4-2)26-15-18-30-27(21-26)22-35-36(30)31-7-5-6-20-39-31/h8-19,21-22,31H,3-7,20H2,1-2H3. The summed E-state index contributed by atoms with van der Waals surface area (Å²) in [6, 6.07) is 23.4. The Hall–Kier alpha value is -3.48. The molecule has 1 aliphatic rings. The number of carbonyl (C=O) groups is 1. The Morgan fingerprint density at radius 3 is 2.46 bits per heavy atom. The molecule has 1 saturated heterocycles. The van der Waals surface area contributed by atoms with Crippen LogP contribution in [-0.4, -0.2) is 29.0 Å². The zero-order valence-electron chi connectivity index (χ0n) is 22.4. The molecule has 5 rings (SSSR count). The lowest BCUT2D eigenvalue weighted by molar-refractivity contribution is -0.137. The van der Waals surface area contributed by atoms with Crippen molar-refractivity contribution in [2.24, 2.45) is 0 Å². The molecule has 0 N–H and O–H groups in total. The predicted octanol–water partition coefficient (Wildman–Crippen LogP) is 8.44. The van der Waals surface area contributed by atoms with Gasteiger partial charge in [-0.2, -0.15) is 5.10 Å². The van der Waals surface area contributed by atoms with E-state index in [9.17, 15) is 4.79 Å². The van der Waals surface area contributed by atoms with Gasteiger partial charge < -0.3 is 9.47 Å². The lowest BCUT2D eigenvalue weighted by atomic mass is 9.87. The van der Waals surface area contributed by atoms with Crippen LogP contribution in [0.5, 0.6) is 0 Å². The minimum Gasteiger partial charge on any atom is -0.463 e. The lowest BCUT2D eigenvalue weighted by Gasteiger charge is -2.23. The molecule has 1 aliphatic heterocycles. The van der Waals surface area contributed by atoms with E-state index in [1.165, 1.54) is 22.8 Å². The maximum Gasteiger partial charge on any atom is 0.330 e. The first-order valence-corrected chi connectivity index (χ1v) is 14.4. The highest BCUT2D eigenvalue weighted by molar-refractivity contribution is 9.10. The number of esters is 1. The molecule has 0 amide bonds. The van der Waals surface area contributed by atoms with Gasteiger partial charge in [-0.3, -0.25) is 0 Å². The highest BCUT2D eigenvalue weighted by Crippen LogP contribution is 2.37. The SMILES string of the molecule is CCOC(=O)C=Cc1ccc(C(=C(CC)c2ccc(Br)cc2)c2ccc3c(cnn3C3CCCCO3)c2)cc1. The number of carbonyl (C=O) groups excluding carboxylic acids is 1. The molecule has 1 aromatic heterocycles.